The summed E-state index contributed by atoms with van der Waals surface area (Å²) in [6, 6.07) is 0. The van der Waals surface area contributed by atoms with Gasteiger partial charge < -0.3 is 0 Å². The van der Waals surface area contributed by atoms with Gasteiger partial charge in [-0.3, -0.25) is 0 Å². The number of allylic oxidation sites excluding steroid dienone is 10. The van der Waals surface area contributed by atoms with Gasteiger partial charge >= 0.3 is 0 Å². The van der Waals surface area contributed by atoms with Gasteiger partial charge in [-0.25, -0.2) is 0 Å². The quantitative estimate of drug-likeness (QED) is 0.525. The molecular formula is C17H23. The predicted molar refractivity (Wildman–Crippen MR) is 76.7 cm³/mol. The Morgan fingerprint density at radius 2 is 1.24 bits per heavy atom. The zero-order chi connectivity index (χ0) is 12.0. The van der Waals surface area contributed by atoms with E-state index in [1.807, 2.05) is 30.4 Å². The maximum absolute atomic E-state index is 3.30. The first-order valence-corrected chi connectivity index (χ1v) is 6.72. The van der Waals surface area contributed by atoms with Crippen LogP contribution in [0.2, 0.25) is 0 Å². The second-order valence-corrected chi connectivity index (χ2v) is 4.26. The molecule has 0 aliphatic heterocycles. The van der Waals surface area contributed by atoms with Gasteiger partial charge in [-0.2, -0.15) is 0 Å². The van der Waals surface area contributed by atoms with E-state index in [0.717, 1.165) is 6.42 Å². The van der Waals surface area contributed by atoms with Crippen LogP contribution in [0.3, 0.4) is 0 Å². The van der Waals surface area contributed by atoms with Crippen molar-refractivity contribution in [3.63, 3.8) is 0 Å². The van der Waals surface area contributed by atoms with Crippen molar-refractivity contribution in [1.82, 2.24) is 0 Å². The van der Waals surface area contributed by atoms with Crippen molar-refractivity contribution in [3.05, 3.63) is 60.8 Å². The van der Waals surface area contributed by atoms with Crippen molar-refractivity contribution >= 4 is 0 Å². The molecule has 0 spiro atoms. The molecule has 1 aliphatic rings. The molecule has 0 aromatic rings. The van der Waals surface area contributed by atoms with Crippen molar-refractivity contribution in [2.24, 2.45) is 0 Å². The predicted octanol–water partition coefficient (Wildman–Crippen LogP) is 5.31. The first-order chi connectivity index (χ1) is 8.50. The lowest BCUT2D eigenvalue weighted by molar-refractivity contribution is 0.619. The summed E-state index contributed by atoms with van der Waals surface area (Å²) in [6.07, 6.45) is 31.0. The lowest BCUT2D eigenvalue weighted by Crippen LogP contribution is -1.78. The Balaban J connectivity index is 2.38. The maximum Gasteiger partial charge on any atom is -0.0276 e. The Morgan fingerprint density at radius 1 is 0.588 bits per heavy atom. The third-order valence-corrected chi connectivity index (χ3v) is 2.71. The van der Waals surface area contributed by atoms with Crippen LogP contribution >= 0.6 is 0 Å². The summed E-state index contributed by atoms with van der Waals surface area (Å²) in [7, 11) is 0. The Hall–Kier alpha value is -1.30. The maximum atomic E-state index is 3.30. The molecule has 0 fully saturated rings. The molecule has 0 nitrogen and oxygen atoms in total. The summed E-state index contributed by atoms with van der Waals surface area (Å²) in [6.45, 7) is 0. The molecule has 0 N–H and O–H groups in total. The molecular weight excluding hydrogens is 204 g/mol. The molecule has 1 radical (unpaired) electrons. The minimum Gasteiger partial charge on any atom is -0.0845 e. The van der Waals surface area contributed by atoms with Gasteiger partial charge in [0.25, 0.3) is 0 Å². The van der Waals surface area contributed by atoms with Gasteiger partial charge in [-0.15, -0.1) is 0 Å². The minimum atomic E-state index is 1.09. The van der Waals surface area contributed by atoms with Crippen molar-refractivity contribution in [1.29, 1.82) is 0 Å². The Bertz CT molecular complexity index is 270. The van der Waals surface area contributed by atoms with E-state index >= 15 is 0 Å². The highest BCUT2D eigenvalue weighted by molar-refractivity contribution is 5.17. The topological polar surface area (TPSA) is 0 Å². The zero-order valence-corrected chi connectivity index (χ0v) is 10.6. The SMILES string of the molecule is [C]1=C/C=C/C=C/C=C\C=C\CCCCCCC\1. The largest absolute Gasteiger partial charge is 0.0845 e. The number of hydrogen-bond acceptors (Lipinski definition) is 0. The molecule has 0 saturated heterocycles. The molecule has 0 aromatic carbocycles. The average molecular weight is 227 g/mol. The van der Waals surface area contributed by atoms with Crippen LogP contribution in [-0.2, 0) is 0 Å². The highest BCUT2D eigenvalue weighted by atomic mass is 13.9. The van der Waals surface area contributed by atoms with E-state index in [-0.39, 0.29) is 0 Å². The van der Waals surface area contributed by atoms with Gasteiger partial charge in [0.15, 0.2) is 0 Å². The van der Waals surface area contributed by atoms with E-state index in [0.29, 0.717) is 0 Å². The van der Waals surface area contributed by atoms with Crippen LogP contribution in [0.1, 0.15) is 44.9 Å². The molecule has 0 heterocycles. The zero-order valence-electron chi connectivity index (χ0n) is 10.6. The average Bonchev–Trinajstić information content (AvgIpc) is 2.35. The van der Waals surface area contributed by atoms with Gasteiger partial charge in [0, 0.05) is 0 Å². The van der Waals surface area contributed by atoms with Crippen LogP contribution in [0.25, 0.3) is 0 Å². The van der Waals surface area contributed by atoms with Gasteiger partial charge in [0.1, 0.15) is 0 Å². The van der Waals surface area contributed by atoms with Crippen LogP contribution in [-0.4, -0.2) is 0 Å². The van der Waals surface area contributed by atoms with Crippen LogP contribution in [0.5, 0.6) is 0 Å². The summed E-state index contributed by atoms with van der Waals surface area (Å²) < 4.78 is 0. The van der Waals surface area contributed by atoms with E-state index in [9.17, 15) is 0 Å². The van der Waals surface area contributed by atoms with Gasteiger partial charge in [0.05, 0.1) is 0 Å². The van der Waals surface area contributed by atoms with E-state index < -0.39 is 0 Å². The molecule has 0 heteroatoms. The normalized spacial score (nSPS) is 28.7. The van der Waals surface area contributed by atoms with Crippen molar-refractivity contribution in [2.75, 3.05) is 0 Å². The number of rotatable bonds is 0. The van der Waals surface area contributed by atoms with E-state index in [4.69, 9.17) is 0 Å². The second-order valence-electron chi connectivity index (χ2n) is 4.26. The standard InChI is InChI=1S/C17H23/c1-2-4-6-8-10-12-14-16-17-15-13-11-9-7-5-3-1/h1-9H,10,12-17H2/b3-1+,4-2-,7-5+,8-6+,11-9?. The van der Waals surface area contributed by atoms with Gasteiger partial charge in [-0.1, -0.05) is 73.9 Å². The van der Waals surface area contributed by atoms with E-state index in [1.165, 1.54) is 38.5 Å². The molecule has 0 saturated carbocycles. The fourth-order valence-corrected chi connectivity index (χ4v) is 1.72. The lowest BCUT2D eigenvalue weighted by atomic mass is 10.1. The van der Waals surface area contributed by atoms with Crippen molar-refractivity contribution in [2.45, 2.75) is 44.9 Å². The van der Waals surface area contributed by atoms with Crippen molar-refractivity contribution < 1.29 is 0 Å². The smallest absolute Gasteiger partial charge is 0.0276 e. The monoisotopic (exact) mass is 227 g/mol. The fourth-order valence-electron chi connectivity index (χ4n) is 1.72. The molecule has 91 valence electrons. The minimum absolute atomic E-state index is 1.09. The summed E-state index contributed by atoms with van der Waals surface area (Å²) >= 11 is 0. The number of hydrogen-bond donors (Lipinski definition) is 0. The molecule has 0 bridgehead atoms. The molecule has 0 unspecified atom stereocenters. The fraction of sp³-hybridized carbons (Fsp3) is 0.412. The molecule has 1 rings (SSSR count). The lowest BCUT2D eigenvalue weighted by Gasteiger charge is -1.97. The Kier molecular flexibility index (Phi) is 9.06. The Labute approximate surface area is 106 Å². The first-order valence-electron chi connectivity index (χ1n) is 6.72. The van der Waals surface area contributed by atoms with Crippen LogP contribution < -0.4 is 0 Å². The van der Waals surface area contributed by atoms with Crippen LogP contribution in [0.15, 0.2) is 54.7 Å². The summed E-state index contributed by atoms with van der Waals surface area (Å²) in [5.41, 5.74) is 0. The molecule has 0 atom stereocenters. The first kappa shape index (κ1) is 13.8. The summed E-state index contributed by atoms with van der Waals surface area (Å²) in [5, 5.41) is 0. The Morgan fingerprint density at radius 3 is 2.12 bits per heavy atom. The third kappa shape index (κ3) is 9.62. The second kappa shape index (κ2) is 11.2. The molecule has 0 amide bonds. The van der Waals surface area contributed by atoms with Crippen LogP contribution in [0.4, 0.5) is 0 Å². The van der Waals surface area contributed by atoms with E-state index in [2.05, 4.69) is 30.4 Å². The summed E-state index contributed by atoms with van der Waals surface area (Å²) in [5.74, 6) is 0. The van der Waals surface area contributed by atoms with E-state index in [1.54, 1.807) is 0 Å². The highest BCUT2D eigenvalue weighted by Crippen LogP contribution is 2.07. The van der Waals surface area contributed by atoms with Gasteiger partial charge in [-0.05, 0) is 31.8 Å². The van der Waals surface area contributed by atoms with Gasteiger partial charge in [0.2, 0.25) is 0 Å². The molecule has 17 heavy (non-hydrogen) atoms. The molecule has 0 aromatic heterocycles. The van der Waals surface area contributed by atoms with Crippen LogP contribution in [0, 0.1) is 6.08 Å². The highest BCUT2D eigenvalue weighted by Gasteiger charge is 1.88. The summed E-state index contributed by atoms with van der Waals surface area (Å²) in [4.78, 5) is 0. The molecule has 1 aliphatic carbocycles. The third-order valence-electron chi connectivity index (χ3n) is 2.71. The van der Waals surface area contributed by atoms with Crippen molar-refractivity contribution in [3.8, 4) is 0 Å².